The van der Waals surface area contributed by atoms with Crippen LogP contribution < -0.4 is 5.32 Å². The standard InChI is InChI=1S/C13H11Cl2N5/c1-8-5-11(15)20-13(17-8)18-12(19-20)16-7-9-3-2-4-10(14)6-9/h2-6H,7H2,1H3,(H,16,19). The average Bonchev–Trinajstić information content (AvgIpc) is 2.80. The van der Waals surface area contributed by atoms with Gasteiger partial charge in [0.2, 0.25) is 5.95 Å². The Balaban J connectivity index is 1.83. The molecule has 0 fully saturated rings. The third-order valence-electron chi connectivity index (χ3n) is 2.74. The lowest BCUT2D eigenvalue weighted by atomic mass is 10.2. The molecule has 0 atom stereocenters. The van der Waals surface area contributed by atoms with Gasteiger partial charge in [-0.1, -0.05) is 35.3 Å². The van der Waals surface area contributed by atoms with E-state index in [0.29, 0.717) is 28.4 Å². The molecule has 5 nitrogen and oxygen atoms in total. The highest BCUT2D eigenvalue weighted by molar-refractivity contribution is 6.30. The topological polar surface area (TPSA) is 55.1 Å². The second kappa shape index (κ2) is 5.26. The van der Waals surface area contributed by atoms with Crippen molar-refractivity contribution in [2.75, 3.05) is 5.32 Å². The Hall–Kier alpha value is -1.85. The lowest BCUT2D eigenvalue weighted by molar-refractivity contribution is 0.924. The summed E-state index contributed by atoms with van der Waals surface area (Å²) in [7, 11) is 0. The van der Waals surface area contributed by atoms with E-state index in [0.717, 1.165) is 11.3 Å². The third-order valence-corrected chi connectivity index (χ3v) is 3.24. The van der Waals surface area contributed by atoms with Crippen LogP contribution >= 0.6 is 23.2 Å². The number of halogens is 2. The average molecular weight is 308 g/mol. The van der Waals surface area contributed by atoms with Crippen molar-refractivity contribution < 1.29 is 0 Å². The summed E-state index contributed by atoms with van der Waals surface area (Å²) in [6.07, 6.45) is 0. The Kier molecular flexibility index (Phi) is 3.46. The van der Waals surface area contributed by atoms with Crippen molar-refractivity contribution in [3.8, 4) is 0 Å². The molecule has 0 bridgehead atoms. The van der Waals surface area contributed by atoms with Gasteiger partial charge in [0.1, 0.15) is 5.15 Å². The van der Waals surface area contributed by atoms with Crippen molar-refractivity contribution >= 4 is 34.9 Å². The quantitative estimate of drug-likeness (QED) is 0.754. The number of nitrogens with zero attached hydrogens (tertiary/aromatic N) is 4. The van der Waals surface area contributed by atoms with Crippen LogP contribution in [0.25, 0.3) is 5.78 Å². The number of aromatic nitrogens is 4. The predicted octanol–water partition coefficient (Wildman–Crippen LogP) is 3.35. The maximum atomic E-state index is 6.09. The lowest BCUT2D eigenvalue weighted by Gasteiger charge is -2.01. The Bertz CT molecular complexity index is 769. The normalized spacial score (nSPS) is 10.9. The number of hydrogen-bond donors (Lipinski definition) is 1. The molecule has 0 unspecified atom stereocenters. The summed E-state index contributed by atoms with van der Waals surface area (Å²) in [5.41, 5.74) is 1.85. The minimum atomic E-state index is 0.476. The summed E-state index contributed by atoms with van der Waals surface area (Å²) in [5, 5.41) is 8.57. The number of aryl methyl sites for hydroxylation is 1. The summed E-state index contributed by atoms with van der Waals surface area (Å²) in [6.45, 7) is 2.44. The molecule has 0 aliphatic carbocycles. The molecule has 2 aromatic heterocycles. The van der Waals surface area contributed by atoms with E-state index in [4.69, 9.17) is 23.2 Å². The van der Waals surface area contributed by atoms with E-state index in [1.165, 1.54) is 4.52 Å². The molecule has 7 heteroatoms. The molecule has 2 heterocycles. The van der Waals surface area contributed by atoms with Gasteiger partial charge in [0.25, 0.3) is 5.78 Å². The summed E-state index contributed by atoms with van der Waals surface area (Å²) < 4.78 is 1.49. The molecule has 3 aromatic rings. The van der Waals surface area contributed by atoms with E-state index < -0.39 is 0 Å². The first-order valence-electron chi connectivity index (χ1n) is 6.00. The molecule has 20 heavy (non-hydrogen) atoms. The van der Waals surface area contributed by atoms with Crippen molar-refractivity contribution in [2.45, 2.75) is 13.5 Å². The van der Waals surface area contributed by atoms with Crippen molar-refractivity contribution in [2.24, 2.45) is 0 Å². The minimum absolute atomic E-state index is 0.476. The molecule has 0 amide bonds. The Labute approximate surface area is 125 Å². The van der Waals surface area contributed by atoms with Gasteiger partial charge in [0, 0.05) is 17.3 Å². The number of hydrogen-bond acceptors (Lipinski definition) is 4. The molecule has 0 saturated carbocycles. The maximum absolute atomic E-state index is 6.09. The second-order valence-corrected chi connectivity index (χ2v) is 5.17. The predicted molar refractivity (Wildman–Crippen MR) is 79.3 cm³/mol. The van der Waals surface area contributed by atoms with Crippen molar-refractivity contribution in [1.82, 2.24) is 19.6 Å². The lowest BCUT2D eigenvalue weighted by Crippen LogP contribution is -2.01. The van der Waals surface area contributed by atoms with E-state index >= 15 is 0 Å². The number of fused-ring (bicyclic) bond motifs is 1. The molecule has 0 saturated heterocycles. The molecule has 0 spiro atoms. The van der Waals surface area contributed by atoms with E-state index in [2.05, 4.69) is 20.4 Å². The summed E-state index contributed by atoms with van der Waals surface area (Å²) in [4.78, 5) is 8.55. The number of benzene rings is 1. The van der Waals surface area contributed by atoms with Gasteiger partial charge in [-0.05, 0) is 30.7 Å². The van der Waals surface area contributed by atoms with Crippen LogP contribution in [0, 0.1) is 6.92 Å². The monoisotopic (exact) mass is 307 g/mol. The SMILES string of the molecule is Cc1cc(Cl)n2nc(NCc3cccc(Cl)c3)nc2n1. The molecule has 0 aliphatic heterocycles. The highest BCUT2D eigenvalue weighted by atomic mass is 35.5. The van der Waals surface area contributed by atoms with Crippen LogP contribution in [-0.4, -0.2) is 19.6 Å². The highest BCUT2D eigenvalue weighted by Crippen LogP contribution is 2.15. The first-order chi connectivity index (χ1) is 9.61. The van der Waals surface area contributed by atoms with Crippen LogP contribution in [0.5, 0.6) is 0 Å². The van der Waals surface area contributed by atoms with Gasteiger partial charge in [-0.25, -0.2) is 4.98 Å². The number of rotatable bonds is 3. The largest absolute Gasteiger partial charge is 0.349 e. The summed E-state index contributed by atoms with van der Waals surface area (Å²) >= 11 is 12.0. The molecular weight excluding hydrogens is 297 g/mol. The molecule has 1 aromatic carbocycles. The van der Waals surface area contributed by atoms with Gasteiger partial charge < -0.3 is 5.32 Å². The third kappa shape index (κ3) is 2.69. The van der Waals surface area contributed by atoms with Crippen LogP contribution in [0.4, 0.5) is 5.95 Å². The maximum Gasteiger partial charge on any atom is 0.255 e. The van der Waals surface area contributed by atoms with Gasteiger partial charge in [0.15, 0.2) is 0 Å². The van der Waals surface area contributed by atoms with E-state index in [1.54, 1.807) is 6.07 Å². The highest BCUT2D eigenvalue weighted by Gasteiger charge is 2.08. The van der Waals surface area contributed by atoms with Gasteiger partial charge in [0.05, 0.1) is 0 Å². The number of nitrogens with one attached hydrogen (secondary N) is 1. The zero-order valence-electron chi connectivity index (χ0n) is 10.6. The molecule has 3 rings (SSSR count). The van der Waals surface area contributed by atoms with Crippen LogP contribution in [0.15, 0.2) is 30.3 Å². The molecule has 1 N–H and O–H groups in total. The zero-order chi connectivity index (χ0) is 14.1. The molecule has 0 radical (unpaired) electrons. The van der Waals surface area contributed by atoms with Gasteiger partial charge in [-0.2, -0.15) is 9.50 Å². The smallest absolute Gasteiger partial charge is 0.255 e. The van der Waals surface area contributed by atoms with Crippen LogP contribution in [0.1, 0.15) is 11.3 Å². The van der Waals surface area contributed by atoms with Gasteiger partial charge >= 0.3 is 0 Å². The molecule has 0 aliphatic rings. The van der Waals surface area contributed by atoms with Crippen molar-refractivity contribution in [3.63, 3.8) is 0 Å². The van der Waals surface area contributed by atoms with Crippen LogP contribution in [-0.2, 0) is 6.54 Å². The Morgan fingerprint density at radius 1 is 1.20 bits per heavy atom. The van der Waals surface area contributed by atoms with E-state index in [9.17, 15) is 0 Å². The summed E-state index contributed by atoms with van der Waals surface area (Å²) in [6, 6.07) is 9.34. The first-order valence-corrected chi connectivity index (χ1v) is 6.75. The van der Waals surface area contributed by atoms with Gasteiger partial charge in [-0.3, -0.25) is 0 Å². The zero-order valence-corrected chi connectivity index (χ0v) is 12.2. The first kappa shape index (κ1) is 13.1. The molecular formula is C13H11Cl2N5. The Morgan fingerprint density at radius 2 is 2.05 bits per heavy atom. The second-order valence-electron chi connectivity index (χ2n) is 4.35. The van der Waals surface area contributed by atoms with Crippen LogP contribution in [0.3, 0.4) is 0 Å². The van der Waals surface area contributed by atoms with Crippen molar-refractivity contribution in [1.29, 1.82) is 0 Å². The summed E-state index contributed by atoms with van der Waals surface area (Å²) in [5.74, 6) is 0.952. The fourth-order valence-corrected chi connectivity index (χ4v) is 2.33. The molecule has 102 valence electrons. The number of anilines is 1. The van der Waals surface area contributed by atoms with Gasteiger partial charge in [-0.15, -0.1) is 5.10 Å². The van der Waals surface area contributed by atoms with E-state index in [1.807, 2.05) is 31.2 Å². The minimum Gasteiger partial charge on any atom is -0.349 e. The van der Waals surface area contributed by atoms with Crippen molar-refractivity contribution in [3.05, 3.63) is 51.8 Å². The fraction of sp³-hybridized carbons (Fsp3) is 0.154. The Morgan fingerprint density at radius 3 is 2.85 bits per heavy atom. The van der Waals surface area contributed by atoms with E-state index in [-0.39, 0.29) is 0 Å². The van der Waals surface area contributed by atoms with Crippen LogP contribution in [0.2, 0.25) is 10.2 Å². The fourth-order valence-electron chi connectivity index (χ4n) is 1.85.